The molecule has 0 radical (unpaired) electrons. The van der Waals surface area contributed by atoms with E-state index < -0.39 is 0 Å². The Morgan fingerprint density at radius 2 is 2.04 bits per heavy atom. The molecule has 4 rings (SSSR count). The largest absolute Gasteiger partial charge is 0.311 e. The van der Waals surface area contributed by atoms with Crippen molar-refractivity contribution in [1.82, 2.24) is 9.38 Å². The number of nitrogens with zero attached hydrogens (tertiary/aromatic N) is 3. The van der Waals surface area contributed by atoms with Gasteiger partial charge in [0.1, 0.15) is 5.65 Å². The molecule has 0 unspecified atom stereocenters. The summed E-state index contributed by atoms with van der Waals surface area (Å²) >= 11 is 0. The molecular formula is C20H19N3O2. The van der Waals surface area contributed by atoms with Crippen LogP contribution in [0.5, 0.6) is 0 Å². The molecule has 0 aliphatic carbocycles. The zero-order valence-electron chi connectivity index (χ0n) is 14.3. The van der Waals surface area contributed by atoms with E-state index in [0.29, 0.717) is 12.1 Å². The number of Topliss-reactive ketones (excluding diaryl/α,β-unsaturated/α-hetero) is 1. The van der Waals surface area contributed by atoms with Gasteiger partial charge in [-0.2, -0.15) is 0 Å². The fraction of sp³-hybridized carbons (Fsp3) is 0.250. The molecule has 0 atom stereocenters. The van der Waals surface area contributed by atoms with E-state index in [2.05, 4.69) is 4.98 Å². The zero-order chi connectivity index (χ0) is 17.6. The molecule has 5 heteroatoms. The number of imidazole rings is 1. The second kappa shape index (κ2) is 5.84. The van der Waals surface area contributed by atoms with Crippen molar-refractivity contribution in [2.45, 2.75) is 26.7 Å². The first-order chi connectivity index (χ1) is 12.0. The molecule has 5 nitrogen and oxygen atoms in total. The van der Waals surface area contributed by atoms with Gasteiger partial charge in [-0.05, 0) is 61.7 Å². The monoisotopic (exact) mass is 333 g/mol. The maximum absolute atomic E-state index is 12.7. The number of anilines is 1. The summed E-state index contributed by atoms with van der Waals surface area (Å²) in [4.78, 5) is 30.6. The number of hydrogen-bond acceptors (Lipinski definition) is 3. The third-order valence-corrected chi connectivity index (χ3v) is 4.68. The summed E-state index contributed by atoms with van der Waals surface area (Å²) in [6.07, 6.45) is 4.92. The van der Waals surface area contributed by atoms with Crippen molar-refractivity contribution >= 4 is 23.0 Å². The van der Waals surface area contributed by atoms with Gasteiger partial charge in [-0.15, -0.1) is 0 Å². The minimum Gasteiger partial charge on any atom is -0.311 e. The summed E-state index contributed by atoms with van der Waals surface area (Å²) in [5, 5.41) is 0. The Morgan fingerprint density at radius 3 is 2.84 bits per heavy atom. The highest BCUT2D eigenvalue weighted by Gasteiger charge is 2.25. The van der Waals surface area contributed by atoms with Gasteiger partial charge in [-0.25, -0.2) is 4.98 Å². The molecule has 3 heterocycles. The standard InChI is InChI=1S/C20H19N3O2/c1-13-5-7-22-12-17(21-19(22)9-13)11-20(25)23-8-6-16-10-15(14(2)24)3-4-18(16)23/h3-5,7,9-10,12H,6,8,11H2,1-2H3. The minimum atomic E-state index is 0.0365. The Labute approximate surface area is 145 Å². The van der Waals surface area contributed by atoms with Crippen LogP contribution in [0.4, 0.5) is 5.69 Å². The number of rotatable bonds is 3. The average Bonchev–Trinajstić information content (AvgIpc) is 3.16. The Hall–Kier alpha value is -2.95. The Kier molecular flexibility index (Phi) is 3.64. The van der Waals surface area contributed by atoms with Gasteiger partial charge < -0.3 is 9.30 Å². The molecule has 2 aromatic heterocycles. The number of amides is 1. The van der Waals surface area contributed by atoms with Crippen LogP contribution in [0.15, 0.2) is 42.7 Å². The molecule has 0 bridgehead atoms. The second-order valence-electron chi connectivity index (χ2n) is 6.57. The molecule has 0 N–H and O–H groups in total. The highest BCUT2D eigenvalue weighted by molar-refractivity contribution is 5.99. The van der Waals surface area contributed by atoms with Crippen LogP contribution in [0, 0.1) is 6.92 Å². The topological polar surface area (TPSA) is 54.7 Å². The van der Waals surface area contributed by atoms with Gasteiger partial charge in [0.15, 0.2) is 5.78 Å². The van der Waals surface area contributed by atoms with Crippen molar-refractivity contribution in [1.29, 1.82) is 0 Å². The van der Waals surface area contributed by atoms with E-state index in [1.807, 2.05) is 48.0 Å². The molecule has 1 aliphatic rings. The summed E-state index contributed by atoms with van der Waals surface area (Å²) in [7, 11) is 0. The molecule has 0 saturated heterocycles. The predicted octanol–water partition coefficient (Wildman–Crippen LogP) is 2.98. The van der Waals surface area contributed by atoms with Crippen molar-refractivity contribution < 1.29 is 9.59 Å². The van der Waals surface area contributed by atoms with Crippen molar-refractivity contribution in [3.05, 3.63) is 65.1 Å². The van der Waals surface area contributed by atoms with Crippen LogP contribution in [0.25, 0.3) is 5.65 Å². The van der Waals surface area contributed by atoms with Gasteiger partial charge in [0.2, 0.25) is 5.91 Å². The van der Waals surface area contributed by atoms with Gasteiger partial charge in [-0.3, -0.25) is 9.59 Å². The Balaban J connectivity index is 1.57. The Morgan fingerprint density at radius 1 is 1.20 bits per heavy atom. The first kappa shape index (κ1) is 15.6. The smallest absolute Gasteiger partial charge is 0.233 e. The number of hydrogen-bond donors (Lipinski definition) is 0. The fourth-order valence-electron chi connectivity index (χ4n) is 3.35. The molecule has 1 aliphatic heterocycles. The lowest BCUT2D eigenvalue weighted by Crippen LogP contribution is -2.30. The highest BCUT2D eigenvalue weighted by Crippen LogP contribution is 2.29. The van der Waals surface area contributed by atoms with Gasteiger partial charge in [0.25, 0.3) is 0 Å². The maximum Gasteiger partial charge on any atom is 0.233 e. The van der Waals surface area contributed by atoms with Crippen molar-refractivity contribution in [2.75, 3.05) is 11.4 Å². The number of ketones is 1. The summed E-state index contributed by atoms with van der Waals surface area (Å²) in [5.74, 6) is 0.0852. The number of benzene rings is 1. The highest BCUT2D eigenvalue weighted by atomic mass is 16.2. The first-order valence-corrected chi connectivity index (χ1v) is 8.40. The van der Waals surface area contributed by atoms with Crippen molar-refractivity contribution in [3.8, 4) is 0 Å². The second-order valence-corrected chi connectivity index (χ2v) is 6.57. The number of carbonyl (C=O) groups is 2. The molecule has 126 valence electrons. The fourth-order valence-corrected chi connectivity index (χ4v) is 3.35. The molecule has 0 spiro atoms. The molecule has 1 aromatic carbocycles. The van der Waals surface area contributed by atoms with E-state index in [9.17, 15) is 9.59 Å². The van der Waals surface area contributed by atoms with Crippen LogP contribution in [0.1, 0.15) is 34.1 Å². The minimum absolute atomic E-state index is 0.0365. The molecule has 0 saturated carbocycles. The number of fused-ring (bicyclic) bond motifs is 2. The first-order valence-electron chi connectivity index (χ1n) is 8.40. The number of aromatic nitrogens is 2. The van der Waals surface area contributed by atoms with Crippen LogP contribution in [0.2, 0.25) is 0 Å². The van der Waals surface area contributed by atoms with E-state index in [-0.39, 0.29) is 18.1 Å². The van der Waals surface area contributed by atoms with Crippen LogP contribution in [-0.4, -0.2) is 27.6 Å². The van der Waals surface area contributed by atoms with E-state index in [0.717, 1.165) is 34.6 Å². The number of carbonyl (C=O) groups excluding carboxylic acids is 2. The maximum atomic E-state index is 12.7. The van der Waals surface area contributed by atoms with Crippen LogP contribution in [-0.2, 0) is 17.6 Å². The number of pyridine rings is 1. The van der Waals surface area contributed by atoms with Gasteiger partial charge in [-0.1, -0.05) is 0 Å². The predicted molar refractivity (Wildman–Crippen MR) is 96.1 cm³/mol. The van der Waals surface area contributed by atoms with E-state index >= 15 is 0 Å². The summed E-state index contributed by atoms with van der Waals surface area (Å²) < 4.78 is 1.94. The normalized spacial score (nSPS) is 13.3. The molecule has 3 aromatic rings. The molecule has 25 heavy (non-hydrogen) atoms. The van der Waals surface area contributed by atoms with Crippen LogP contribution < -0.4 is 4.90 Å². The van der Waals surface area contributed by atoms with Gasteiger partial charge >= 0.3 is 0 Å². The molecular weight excluding hydrogens is 314 g/mol. The Bertz CT molecular complexity index is 1000. The van der Waals surface area contributed by atoms with Crippen molar-refractivity contribution in [2.24, 2.45) is 0 Å². The van der Waals surface area contributed by atoms with Crippen LogP contribution >= 0.6 is 0 Å². The van der Waals surface area contributed by atoms with E-state index in [1.54, 1.807) is 17.9 Å². The van der Waals surface area contributed by atoms with Gasteiger partial charge in [0.05, 0.1) is 12.1 Å². The zero-order valence-corrected chi connectivity index (χ0v) is 14.3. The lowest BCUT2D eigenvalue weighted by Gasteiger charge is -2.16. The number of aryl methyl sites for hydroxylation is 1. The van der Waals surface area contributed by atoms with Crippen LogP contribution in [0.3, 0.4) is 0 Å². The lowest BCUT2D eigenvalue weighted by molar-refractivity contribution is -0.117. The van der Waals surface area contributed by atoms with E-state index in [4.69, 9.17) is 0 Å². The molecule has 0 fully saturated rings. The summed E-state index contributed by atoms with van der Waals surface area (Å²) in [6, 6.07) is 9.59. The lowest BCUT2D eigenvalue weighted by atomic mass is 10.1. The third kappa shape index (κ3) is 2.82. The third-order valence-electron chi connectivity index (χ3n) is 4.68. The SMILES string of the molecule is CC(=O)c1ccc2c(c1)CCN2C(=O)Cc1cn2ccc(C)cc2n1. The van der Waals surface area contributed by atoms with Crippen molar-refractivity contribution in [3.63, 3.8) is 0 Å². The van der Waals surface area contributed by atoms with E-state index in [1.165, 1.54) is 0 Å². The van der Waals surface area contributed by atoms with Gasteiger partial charge in [0, 0.05) is 30.2 Å². The summed E-state index contributed by atoms with van der Waals surface area (Å²) in [5.41, 5.74) is 5.44. The quantitative estimate of drug-likeness (QED) is 0.693. The molecule has 1 amide bonds. The average molecular weight is 333 g/mol. The summed E-state index contributed by atoms with van der Waals surface area (Å²) in [6.45, 7) is 4.24.